The van der Waals surface area contributed by atoms with Gasteiger partial charge in [0.1, 0.15) is 0 Å². The van der Waals surface area contributed by atoms with E-state index in [1.165, 1.54) is 0 Å². The molecule has 0 spiro atoms. The summed E-state index contributed by atoms with van der Waals surface area (Å²) in [5.74, 6) is 1.49. The maximum atomic E-state index is 12.5. The Morgan fingerprint density at radius 2 is 1.35 bits per heavy atom. The average Bonchev–Trinajstić information content (AvgIpc) is 2.89. The van der Waals surface area contributed by atoms with Gasteiger partial charge in [-0.3, -0.25) is 19.6 Å². The van der Waals surface area contributed by atoms with E-state index in [-0.39, 0.29) is 14.7 Å². The molecule has 0 radical (unpaired) electrons. The third-order valence-electron chi connectivity index (χ3n) is 5.27. The number of nitrogens with one attached hydrogen (secondary N) is 2. The van der Waals surface area contributed by atoms with Crippen LogP contribution >= 0.6 is 11.8 Å². The largest absolute Gasteiger partial charge is 0.352 e. The summed E-state index contributed by atoms with van der Waals surface area (Å²) < 4.78 is 0. The third kappa shape index (κ3) is 9.35. The van der Waals surface area contributed by atoms with Crippen LogP contribution in [0, 0.1) is 0 Å². The Morgan fingerprint density at radius 1 is 0.706 bits per heavy atom. The highest BCUT2D eigenvalue weighted by Crippen LogP contribution is 2.08. The first-order valence-corrected chi connectivity index (χ1v) is 12.9. The molecule has 2 N–H and O–H groups in total. The summed E-state index contributed by atoms with van der Waals surface area (Å²) in [6, 6.07) is 18.8. The lowest BCUT2D eigenvalue weighted by Gasteiger charge is -2.08. The highest BCUT2D eigenvalue weighted by atomic mass is 32.2. The summed E-state index contributed by atoms with van der Waals surface area (Å²) in [4.78, 5) is 33.6. The van der Waals surface area contributed by atoms with Crippen LogP contribution in [0.2, 0.25) is 0 Å². The maximum Gasteiger partial charge on any atom is 0.251 e. The molecular weight excluding hydrogens is 444 g/mol. The van der Waals surface area contributed by atoms with Crippen LogP contribution < -0.4 is 10.6 Å². The van der Waals surface area contributed by atoms with Gasteiger partial charge in [0, 0.05) is 56.6 Å². The first kappa shape index (κ1) is 25.4. The molecule has 0 aliphatic heterocycles. The Kier molecular flexibility index (Phi) is 11.1. The fourth-order valence-electron chi connectivity index (χ4n) is 3.42. The summed E-state index contributed by atoms with van der Waals surface area (Å²) in [7, 11) is 0. The molecule has 0 aliphatic rings. The van der Waals surface area contributed by atoms with Crippen molar-refractivity contribution < 1.29 is 12.4 Å². The predicted molar refractivity (Wildman–Crippen MR) is 142 cm³/mol. The van der Waals surface area contributed by atoms with Crippen LogP contribution in [0.5, 0.6) is 0 Å². The second kappa shape index (κ2) is 14.9. The van der Waals surface area contributed by atoms with Gasteiger partial charge in [-0.15, -0.1) is 0 Å². The Hall–Kier alpha value is -3.19. The number of hydrogen-bond acceptors (Lipinski definition) is 5. The van der Waals surface area contributed by atoms with E-state index in [2.05, 4.69) is 20.6 Å². The first-order chi connectivity index (χ1) is 16.7. The smallest absolute Gasteiger partial charge is 0.251 e. The van der Waals surface area contributed by atoms with Gasteiger partial charge < -0.3 is 10.6 Å². The Bertz CT molecular complexity index is 948. The van der Waals surface area contributed by atoms with Gasteiger partial charge in [-0.2, -0.15) is 11.8 Å². The second-order valence-corrected chi connectivity index (χ2v) is 9.13. The van der Waals surface area contributed by atoms with Crippen LogP contribution in [0.1, 0.15) is 54.2 Å². The maximum absolute atomic E-state index is 12.5. The van der Waals surface area contributed by atoms with Gasteiger partial charge in [0.05, 0.1) is 0 Å². The van der Waals surface area contributed by atoms with E-state index in [1.807, 2.05) is 42.6 Å². The summed E-state index contributed by atoms with van der Waals surface area (Å²) >= 11 is 1.78. The van der Waals surface area contributed by atoms with E-state index in [0.29, 0.717) is 24.2 Å². The van der Waals surface area contributed by atoms with Crippen LogP contribution in [0.4, 0.5) is 0 Å². The van der Waals surface area contributed by atoms with Crippen LogP contribution in [-0.4, -0.2) is 46.4 Å². The van der Waals surface area contributed by atoms with Gasteiger partial charge in [0.2, 0.25) is 0 Å². The normalized spacial score (nSPS) is 10.6. The highest BCUT2D eigenvalue weighted by Gasteiger charge is 2.10. The molecule has 0 bridgehead atoms. The Labute approximate surface area is 209 Å². The Morgan fingerprint density at radius 3 is 2.00 bits per heavy atom. The summed E-state index contributed by atoms with van der Waals surface area (Å²) in [6.07, 6.45) is 8.48. The molecule has 0 saturated heterocycles. The lowest BCUT2D eigenvalue weighted by molar-refractivity contribution is 0.0952. The van der Waals surface area contributed by atoms with Crippen molar-refractivity contribution >= 4 is 23.6 Å². The molecule has 3 aromatic rings. The van der Waals surface area contributed by atoms with Crippen LogP contribution in [0.25, 0.3) is 0 Å². The minimum atomic E-state index is -0.158. The van der Waals surface area contributed by atoms with E-state index < -0.39 is 0 Å². The molecule has 2 amide bonds. The monoisotopic (exact) mass is 480 g/mol. The minimum absolute atomic E-state index is 0. The van der Waals surface area contributed by atoms with Gasteiger partial charge in [-0.25, -0.2) is 0 Å². The molecular formula is C27H36N4O2S. The molecule has 34 heavy (non-hydrogen) atoms. The van der Waals surface area contributed by atoms with Crippen molar-refractivity contribution in [1.82, 2.24) is 20.6 Å². The number of benzene rings is 1. The number of aryl methyl sites for hydroxylation is 2. The van der Waals surface area contributed by atoms with Gasteiger partial charge in [-0.1, -0.05) is 24.6 Å². The standard InChI is InChI=1S/C27H32N4O2S.2H2/c32-26(30-17-5-1-2-11-24-12-3-6-15-28-24)22-9-8-10-23(21-22)27(33)31-18-20-34-19-14-25-13-4-7-16-29-25;;/h3-4,6-10,12-13,15-16,21H,1-2,5,11,14,17-20H2,(H,30,32)(H,31,33);2*1H. The number of rotatable bonds is 14. The average molecular weight is 481 g/mol. The van der Waals surface area contributed by atoms with Gasteiger partial charge >= 0.3 is 0 Å². The quantitative estimate of drug-likeness (QED) is 0.323. The van der Waals surface area contributed by atoms with E-state index in [4.69, 9.17) is 0 Å². The van der Waals surface area contributed by atoms with Crippen LogP contribution in [-0.2, 0) is 12.8 Å². The molecule has 182 valence electrons. The molecule has 0 aliphatic carbocycles. The number of nitrogens with zero attached hydrogens (tertiary/aromatic N) is 2. The summed E-state index contributed by atoms with van der Waals surface area (Å²) in [5, 5.41) is 5.88. The van der Waals surface area contributed by atoms with Gasteiger partial charge in [0.15, 0.2) is 0 Å². The molecule has 6 nitrogen and oxygen atoms in total. The zero-order valence-corrected chi connectivity index (χ0v) is 20.2. The van der Waals surface area contributed by atoms with Gasteiger partial charge in [0.25, 0.3) is 11.8 Å². The number of amides is 2. The van der Waals surface area contributed by atoms with Crippen molar-refractivity contribution in [3.8, 4) is 0 Å². The SMILES string of the molecule is O=C(NCCCCCc1ccccn1)c1cccc(C(=O)NCCSCCc2ccccn2)c1.[HH].[HH]. The third-order valence-corrected chi connectivity index (χ3v) is 6.25. The predicted octanol–water partition coefficient (Wildman–Crippen LogP) is 4.82. The van der Waals surface area contributed by atoms with Crippen molar-refractivity contribution in [2.75, 3.05) is 24.6 Å². The lowest BCUT2D eigenvalue weighted by atomic mass is 10.1. The van der Waals surface area contributed by atoms with Crippen molar-refractivity contribution in [2.24, 2.45) is 0 Å². The highest BCUT2D eigenvalue weighted by molar-refractivity contribution is 7.99. The molecule has 0 saturated carbocycles. The molecule has 1 aromatic carbocycles. The Balaban J connectivity index is 0.00000324. The zero-order valence-electron chi connectivity index (χ0n) is 19.4. The van der Waals surface area contributed by atoms with E-state index in [1.54, 1.807) is 42.2 Å². The number of hydrogen-bond donors (Lipinski definition) is 2. The fourth-order valence-corrected chi connectivity index (χ4v) is 4.23. The van der Waals surface area contributed by atoms with E-state index >= 15 is 0 Å². The number of aromatic nitrogens is 2. The van der Waals surface area contributed by atoms with Crippen LogP contribution in [0.15, 0.2) is 73.1 Å². The topological polar surface area (TPSA) is 84.0 Å². The van der Waals surface area contributed by atoms with Crippen molar-refractivity contribution in [3.05, 3.63) is 95.6 Å². The number of thioether (sulfide) groups is 1. The minimum Gasteiger partial charge on any atom is -0.352 e. The first-order valence-electron chi connectivity index (χ1n) is 11.8. The number of carbonyl (C=O) groups excluding carboxylic acids is 2. The number of pyridine rings is 2. The summed E-state index contributed by atoms with van der Waals surface area (Å²) in [6.45, 7) is 1.20. The zero-order chi connectivity index (χ0) is 23.8. The van der Waals surface area contributed by atoms with Crippen LogP contribution in [0.3, 0.4) is 0 Å². The molecule has 0 fully saturated rings. The lowest BCUT2D eigenvalue weighted by Crippen LogP contribution is -2.27. The molecule has 7 heteroatoms. The van der Waals surface area contributed by atoms with Crippen molar-refractivity contribution in [3.63, 3.8) is 0 Å². The number of carbonyl (C=O) groups is 2. The van der Waals surface area contributed by atoms with E-state index in [0.717, 1.165) is 55.0 Å². The molecule has 2 aromatic heterocycles. The van der Waals surface area contributed by atoms with E-state index in [9.17, 15) is 9.59 Å². The fraction of sp³-hybridized carbons (Fsp3) is 0.333. The van der Waals surface area contributed by atoms with Crippen molar-refractivity contribution in [2.45, 2.75) is 32.1 Å². The molecule has 0 unspecified atom stereocenters. The number of unbranched alkanes of at least 4 members (excludes halogenated alkanes) is 2. The van der Waals surface area contributed by atoms with Crippen molar-refractivity contribution in [1.29, 1.82) is 0 Å². The molecule has 0 atom stereocenters. The second-order valence-electron chi connectivity index (χ2n) is 7.91. The molecule has 2 heterocycles. The van der Waals surface area contributed by atoms with Gasteiger partial charge in [-0.05, 0) is 73.9 Å². The molecule has 3 rings (SSSR count). The summed E-state index contributed by atoms with van der Waals surface area (Å²) in [5.41, 5.74) is 3.19.